The Balaban J connectivity index is 1.83. The third-order valence-corrected chi connectivity index (χ3v) is 3.80. The molecule has 0 radical (unpaired) electrons. The fraction of sp³-hybridized carbons (Fsp3) is 0.214. The van der Waals surface area contributed by atoms with Gasteiger partial charge in [-0.15, -0.1) is 11.3 Å². The molecule has 2 rings (SSSR count). The molecule has 0 fully saturated rings. The van der Waals surface area contributed by atoms with Gasteiger partial charge in [-0.1, -0.05) is 29.8 Å². The number of aliphatic hydroxyl groups excluding tert-OH is 1. The Morgan fingerprint density at radius 2 is 2.05 bits per heavy atom. The maximum absolute atomic E-state index is 11.7. The Kier molecular flexibility index (Phi) is 4.96. The van der Waals surface area contributed by atoms with Crippen LogP contribution in [0.25, 0.3) is 0 Å². The average molecular weight is 296 g/mol. The molecular formula is C14H14ClNO2S. The molecule has 1 amide bonds. The molecule has 3 nitrogen and oxygen atoms in total. The van der Waals surface area contributed by atoms with E-state index in [1.807, 2.05) is 17.5 Å². The summed E-state index contributed by atoms with van der Waals surface area (Å²) in [5.41, 5.74) is 0.690. The summed E-state index contributed by atoms with van der Waals surface area (Å²) in [5.74, 6) is -0.171. The second-order valence-electron chi connectivity index (χ2n) is 4.13. The van der Waals surface area contributed by atoms with E-state index in [1.54, 1.807) is 35.6 Å². The van der Waals surface area contributed by atoms with Crippen LogP contribution in [0.15, 0.2) is 41.8 Å². The molecule has 1 aromatic heterocycles. The number of carbonyl (C=O) groups is 1. The molecule has 1 unspecified atom stereocenters. The van der Waals surface area contributed by atoms with Gasteiger partial charge in [-0.3, -0.25) is 4.79 Å². The molecule has 1 heterocycles. The van der Waals surface area contributed by atoms with E-state index in [2.05, 4.69) is 5.32 Å². The summed E-state index contributed by atoms with van der Waals surface area (Å²) in [6.07, 6.45) is -0.756. The minimum absolute atomic E-state index is 0.0486. The van der Waals surface area contributed by atoms with Crippen LogP contribution in [-0.2, 0) is 11.3 Å². The highest BCUT2D eigenvalue weighted by Crippen LogP contribution is 2.19. The molecule has 0 saturated carbocycles. The molecule has 0 saturated heterocycles. The van der Waals surface area contributed by atoms with Crippen molar-refractivity contribution in [2.75, 3.05) is 0 Å². The minimum Gasteiger partial charge on any atom is -0.388 e. The molecular weight excluding hydrogens is 282 g/mol. The molecule has 2 N–H and O–H groups in total. The maximum atomic E-state index is 11.7. The van der Waals surface area contributed by atoms with Crippen molar-refractivity contribution >= 4 is 28.8 Å². The summed E-state index contributed by atoms with van der Waals surface area (Å²) in [7, 11) is 0. The number of benzene rings is 1. The van der Waals surface area contributed by atoms with Crippen molar-refractivity contribution in [3.05, 3.63) is 57.2 Å². The van der Waals surface area contributed by atoms with Crippen molar-refractivity contribution in [1.82, 2.24) is 5.32 Å². The Morgan fingerprint density at radius 1 is 1.32 bits per heavy atom. The molecule has 1 aromatic carbocycles. The van der Waals surface area contributed by atoms with Gasteiger partial charge >= 0.3 is 0 Å². The van der Waals surface area contributed by atoms with Crippen LogP contribution in [0.3, 0.4) is 0 Å². The topological polar surface area (TPSA) is 49.3 Å². The Morgan fingerprint density at radius 3 is 2.68 bits per heavy atom. The van der Waals surface area contributed by atoms with E-state index in [0.29, 0.717) is 17.1 Å². The lowest BCUT2D eigenvalue weighted by Crippen LogP contribution is -2.24. The van der Waals surface area contributed by atoms with E-state index in [1.165, 1.54) is 0 Å². The lowest BCUT2D eigenvalue weighted by atomic mass is 10.1. The number of thiophene rings is 1. The first kappa shape index (κ1) is 14.1. The highest BCUT2D eigenvalue weighted by molar-refractivity contribution is 7.09. The number of hydrogen-bond acceptors (Lipinski definition) is 3. The van der Waals surface area contributed by atoms with Crippen LogP contribution in [0.5, 0.6) is 0 Å². The molecule has 0 bridgehead atoms. The van der Waals surface area contributed by atoms with Gasteiger partial charge in [0.1, 0.15) is 0 Å². The van der Waals surface area contributed by atoms with E-state index in [9.17, 15) is 9.90 Å². The van der Waals surface area contributed by atoms with Gasteiger partial charge in [0.25, 0.3) is 0 Å². The standard InChI is InChI=1S/C14H14ClNO2S/c15-11-5-3-10(4-6-11)13(17)8-14(18)16-9-12-2-1-7-19-12/h1-7,13,17H,8-9H2,(H,16,18). The van der Waals surface area contributed by atoms with Crippen LogP contribution in [0, 0.1) is 0 Å². The molecule has 0 spiro atoms. The summed E-state index contributed by atoms with van der Waals surface area (Å²) >= 11 is 7.36. The first-order chi connectivity index (χ1) is 9.15. The average Bonchev–Trinajstić information content (AvgIpc) is 2.90. The van der Waals surface area contributed by atoms with Crippen LogP contribution < -0.4 is 5.32 Å². The first-order valence-electron chi connectivity index (χ1n) is 5.88. The van der Waals surface area contributed by atoms with Crippen molar-refractivity contribution in [3.63, 3.8) is 0 Å². The van der Waals surface area contributed by atoms with Crippen LogP contribution in [-0.4, -0.2) is 11.0 Å². The molecule has 100 valence electrons. The van der Waals surface area contributed by atoms with E-state index in [-0.39, 0.29) is 12.3 Å². The predicted octanol–water partition coefficient (Wildman–Crippen LogP) is 3.14. The van der Waals surface area contributed by atoms with Crippen LogP contribution in [0.2, 0.25) is 5.02 Å². The molecule has 5 heteroatoms. The number of carbonyl (C=O) groups excluding carboxylic acids is 1. The SMILES string of the molecule is O=C(CC(O)c1ccc(Cl)cc1)NCc1cccs1. The minimum atomic E-state index is -0.805. The Labute approximate surface area is 120 Å². The summed E-state index contributed by atoms with van der Waals surface area (Å²) in [5, 5.41) is 15.3. The molecule has 19 heavy (non-hydrogen) atoms. The number of nitrogens with one attached hydrogen (secondary N) is 1. The molecule has 2 aromatic rings. The van der Waals surface area contributed by atoms with Crippen molar-refractivity contribution in [2.24, 2.45) is 0 Å². The Bertz CT molecular complexity index is 525. The van der Waals surface area contributed by atoms with Gasteiger partial charge in [0, 0.05) is 9.90 Å². The smallest absolute Gasteiger partial charge is 0.223 e. The maximum Gasteiger partial charge on any atom is 0.223 e. The lowest BCUT2D eigenvalue weighted by Gasteiger charge is -2.11. The number of hydrogen-bond donors (Lipinski definition) is 2. The van der Waals surface area contributed by atoms with Crippen LogP contribution in [0.1, 0.15) is 23.0 Å². The van der Waals surface area contributed by atoms with E-state index in [4.69, 9.17) is 11.6 Å². The van der Waals surface area contributed by atoms with Crippen molar-refractivity contribution in [3.8, 4) is 0 Å². The van der Waals surface area contributed by atoms with Crippen LogP contribution in [0.4, 0.5) is 0 Å². The van der Waals surface area contributed by atoms with Crippen LogP contribution >= 0.6 is 22.9 Å². The van der Waals surface area contributed by atoms with Crippen molar-refractivity contribution in [1.29, 1.82) is 0 Å². The molecule has 0 aliphatic carbocycles. The third-order valence-electron chi connectivity index (χ3n) is 2.67. The van der Waals surface area contributed by atoms with Crippen molar-refractivity contribution in [2.45, 2.75) is 19.1 Å². The third kappa shape index (κ3) is 4.35. The fourth-order valence-corrected chi connectivity index (χ4v) is 2.42. The quantitative estimate of drug-likeness (QED) is 0.890. The molecule has 0 aliphatic rings. The fourth-order valence-electron chi connectivity index (χ4n) is 1.65. The lowest BCUT2D eigenvalue weighted by molar-refractivity contribution is -0.123. The second-order valence-corrected chi connectivity index (χ2v) is 5.60. The summed E-state index contributed by atoms with van der Waals surface area (Å²) in [6.45, 7) is 0.504. The largest absolute Gasteiger partial charge is 0.388 e. The van der Waals surface area contributed by atoms with Gasteiger partial charge in [-0.2, -0.15) is 0 Å². The zero-order valence-corrected chi connectivity index (χ0v) is 11.7. The zero-order chi connectivity index (χ0) is 13.7. The number of rotatable bonds is 5. The van der Waals surface area contributed by atoms with Gasteiger partial charge in [-0.25, -0.2) is 0 Å². The number of amides is 1. The summed E-state index contributed by atoms with van der Waals surface area (Å²) in [6, 6.07) is 10.7. The highest BCUT2D eigenvalue weighted by atomic mass is 35.5. The highest BCUT2D eigenvalue weighted by Gasteiger charge is 2.12. The van der Waals surface area contributed by atoms with E-state index < -0.39 is 6.10 Å². The zero-order valence-electron chi connectivity index (χ0n) is 10.2. The molecule has 0 aliphatic heterocycles. The first-order valence-corrected chi connectivity index (χ1v) is 7.13. The van der Waals surface area contributed by atoms with Crippen molar-refractivity contribution < 1.29 is 9.90 Å². The molecule has 1 atom stereocenters. The second kappa shape index (κ2) is 6.70. The van der Waals surface area contributed by atoms with E-state index in [0.717, 1.165) is 4.88 Å². The van der Waals surface area contributed by atoms with Gasteiger partial charge in [-0.05, 0) is 29.1 Å². The number of halogens is 1. The van der Waals surface area contributed by atoms with Gasteiger partial charge in [0.15, 0.2) is 0 Å². The summed E-state index contributed by atoms with van der Waals surface area (Å²) < 4.78 is 0. The summed E-state index contributed by atoms with van der Waals surface area (Å²) in [4.78, 5) is 12.8. The Hall–Kier alpha value is -1.36. The normalized spacial score (nSPS) is 12.1. The monoisotopic (exact) mass is 295 g/mol. The number of aliphatic hydroxyl groups is 1. The predicted molar refractivity (Wildman–Crippen MR) is 77.2 cm³/mol. The van der Waals surface area contributed by atoms with Gasteiger partial charge < -0.3 is 10.4 Å². The van der Waals surface area contributed by atoms with Gasteiger partial charge in [0.2, 0.25) is 5.91 Å². The van der Waals surface area contributed by atoms with E-state index >= 15 is 0 Å². The van der Waals surface area contributed by atoms with Gasteiger partial charge in [0.05, 0.1) is 19.1 Å².